The fourth-order valence-corrected chi connectivity index (χ4v) is 5.52. The molecule has 0 radical (unpaired) electrons. The summed E-state index contributed by atoms with van der Waals surface area (Å²) in [6.45, 7) is 2.01. The number of nitrogens with zero attached hydrogens (tertiary/aromatic N) is 1. The SMILES string of the molecule is COc1cccc(C2(CSc3ccccc3)CCN(c3ccccc3OC)CC2)c1. The minimum absolute atomic E-state index is 0.119. The molecular formula is C26H29NO2S. The Labute approximate surface area is 184 Å². The van der Waals surface area contributed by atoms with Gasteiger partial charge in [-0.25, -0.2) is 0 Å². The fraction of sp³-hybridized carbons (Fsp3) is 0.308. The third-order valence-corrected chi connectivity index (χ3v) is 7.39. The molecule has 1 aliphatic rings. The first-order valence-corrected chi connectivity index (χ1v) is 11.4. The first-order chi connectivity index (χ1) is 14.7. The van der Waals surface area contributed by atoms with Crippen LogP contribution in [-0.4, -0.2) is 33.1 Å². The zero-order valence-electron chi connectivity index (χ0n) is 17.7. The summed E-state index contributed by atoms with van der Waals surface area (Å²) in [6, 6.07) is 27.7. The number of thioether (sulfide) groups is 1. The van der Waals surface area contributed by atoms with Gasteiger partial charge in [0, 0.05) is 29.2 Å². The summed E-state index contributed by atoms with van der Waals surface area (Å²) >= 11 is 1.95. The van der Waals surface area contributed by atoms with Gasteiger partial charge in [0.2, 0.25) is 0 Å². The Morgan fingerprint density at radius 1 is 0.833 bits per heavy atom. The van der Waals surface area contributed by atoms with Crippen LogP contribution in [0.4, 0.5) is 5.69 Å². The van der Waals surface area contributed by atoms with Crippen LogP contribution >= 0.6 is 11.8 Å². The van der Waals surface area contributed by atoms with E-state index in [2.05, 4.69) is 65.6 Å². The molecule has 0 spiro atoms. The summed E-state index contributed by atoms with van der Waals surface area (Å²) in [7, 11) is 3.49. The normalized spacial score (nSPS) is 15.6. The second kappa shape index (κ2) is 9.48. The maximum Gasteiger partial charge on any atom is 0.142 e. The topological polar surface area (TPSA) is 21.7 Å². The molecule has 0 aliphatic carbocycles. The molecule has 0 bridgehead atoms. The van der Waals surface area contributed by atoms with E-state index in [4.69, 9.17) is 9.47 Å². The Bertz CT molecular complexity index is 952. The van der Waals surface area contributed by atoms with Crippen molar-refractivity contribution in [2.75, 3.05) is 38.0 Å². The van der Waals surface area contributed by atoms with Gasteiger partial charge in [-0.05, 0) is 54.8 Å². The van der Waals surface area contributed by atoms with Gasteiger partial charge in [0.1, 0.15) is 11.5 Å². The van der Waals surface area contributed by atoms with E-state index >= 15 is 0 Å². The molecule has 30 heavy (non-hydrogen) atoms. The van der Waals surface area contributed by atoms with Crippen molar-refractivity contribution in [1.29, 1.82) is 0 Å². The number of anilines is 1. The Kier molecular flexibility index (Phi) is 6.53. The molecule has 3 aromatic rings. The monoisotopic (exact) mass is 419 g/mol. The third-order valence-electron chi connectivity index (χ3n) is 6.09. The molecule has 1 heterocycles. The standard InChI is InChI=1S/C26H29NO2S/c1-28-22-10-8-9-21(19-22)26(20-30-23-11-4-3-5-12-23)15-17-27(18-16-26)24-13-6-7-14-25(24)29-2/h3-14,19H,15-18,20H2,1-2H3. The molecule has 1 saturated heterocycles. The van der Waals surface area contributed by atoms with E-state index in [9.17, 15) is 0 Å². The van der Waals surface area contributed by atoms with Gasteiger partial charge in [0.25, 0.3) is 0 Å². The summed E-state index contributed by atoms with van der Waals surface area (Å²) in [6.07, 6.45) is 2.19. The molecule has 4 heteroatoms. The maximum absolute atomic E-state index is 5.61. The summed E-state index contributed by atoms with van der Waals surface area (Å²) in [5, 5.41) is 0. The van der Waals surface area contributed by atoms with Crippen molar-refractivity contribution in [3.63, 3.8) is 0 Å². The van der Waals surface area contributed by atoms with Gasteiger partial charge in [-0.3, -0.25) is 0 Å². The van der Waals surface area contributed by atoms with Crippen LogP contribution in [0, 0.1) is 0 Å². The van der Waals surface area contributed by atoms with Crippen molar-refractivity contribution >= 4 is 17.4 Å². The summed E-state index contributed by atoms with van der Waals surface area (Å²) in [4.78, 5) is 3.79. The first kappa shape index (κ1) is 20.7. The first-order valence-electron chi connectivity index (χ1n) is 10.4. The smallest absolute Gasteiger partial charge is 0.142 e. The summed E-state index contributed by atoms with van der Waals surface area (Å²) < 4.78 is 11.1. The second-order valence-electron chi connectivity index (χ2n) is 7.77. The molecule has 1 fully saturated rings. The van der Waals surface area contributed by atoms with Gasteiger partial charge >= 0.3 is 0 Å². The Balaban J connectivity index is 1.58. The van der Waals surface area contributed by atoms with Crippen LogP contribution < -0.4 is 14.4 Å². The molecule has 3 nitrogen and oxygen atoms in total. The molecule has 0 N–H and O–H groups in total. The van der Waals surface area contributed by atoms with Gasteiger partial charge in [0.05, 0.1) is 19.9 Å². The quantitative estimate of drug-likeness (QED) is 0.436. The van der Waals surface area contributed by atoms with E-state index in [1.54, 1.807) is 14.2 Å². The summed E-state index contributed by atoms with van der Waals surface area (Å²) in [5.41, 5.74) is 2.69. The minimum atomic E-state index is 0.119. The van der Waals surface area contributed by atoms with Crippen molar-refractivity contribution in [2.24, 2.45) is 0 Å². The van der Waals surface area contributed by atoms with Crippen LogP contribution in [0.25, 0.3) is 0 Å². The number of hydrogen-bond donors (Lipinski definition) is 0. The van der Waals surface area contributed by atoms with Gasteiger partial charge in [-0.1, -0.05) is 42.5 Å². The molecule has 0 amide bonds. The molecule has 156 valence electrons. The van der Waals surface area contributed by atoms with Crippen LogP contribution in [0.15, 0.2) is 83.8 Å². The highest BCUT2D eigenvalue weighted by atomic mass is 32.2. The van der Waals surface area contributed by atoms with E-state index in [0.29, 0.717) is 0 Å². The van der Waals surface area contributed by atoms with E-state index in [1.807, 2.05) is 30.0 Å². The number of methoxy groups -OCH3 is 2. The van der Waals surface area contributed by atoms with Crippen LogP contribution in [0.1, 0.15) is 18.4 Å². The van der Waals surface area contributed by atoms with E-state index in [1.165, 1.54) is 16.1 Å². The fourth-order valence-electron chi connectivity index (χ4n) is 4.27. The predicted octanol–water partition coefficient (Wildman–Crippen LogP) is 6.03. The van der Waals surface area contributed by atoms with E-state index in [0.717, 1.165) is 43.2 Å². The average molecular weight is 420 g/mol. The molecule has 3 aromatic carbocycles. The van der Waals surface area contributed by atoms with Crippen LogP contribution in [0.2, 0.25) is 0 Å². The number of piperidine rings is 1. The molecule has 0 atom stereocenters. The molecular weight excluding hydrogens is 390 g/mol. The molecule has 0 unspecified atom stereocenters. The van der Waals surface area contributed by atoms with Crippen molar-refractivity contribution in [1.82, 2.24) is 0 Å². The van der Waals surface area contributed by atoms with E-state index in [-0.39, 0.29) is 5.41 Å². The number of hydrogen-bond acceptors (Lipinski definition) is 4. The maximum atomic E-state index is 5.61. The Morgan fingerprint density at radius 3 is 2.30 bits per heavy atom. The predicted molar refractivity (Wildman–Crippen MR) is 126 cm³/mol. The van der Waals surface area contributed by atoms with Crippen LogP contribution in [-0.2, 0) is 5.41 Å². The Hall–Kier alpha value is -2.59. The van der Waals surface area contributed by atoms with Gasteiger partial charge in [-0.2, -0.15) is 0 Å². The molecule has 0 aromatic heterocycles. The lowest BCUT2D eigenvalue weighted by Gasteiger charge is -2.43. The van der Waals surface area contributed by atoms with Crippen LogP contribution in [0.5, 0.6) is 11.5 Å². The summed E-state index contributed by atoms with van der Waals surface area (Å²) in [5.74, 6) is 2.94. The van der Waals surface area contributed by atoms with E-state index < -0.39 is 0 Å². The highest BCUT2D eigenvalue weighted by Gasteiger charge is 2.37. The van der Waals surface area contributed by atoms with Gasteiger partial charge in [-0.15, -0.1) is 11.8 Å². The largest absolute Gasteiger partial charge is 0.497 e. The zero-order chi connectivity index (χ0) is 20.8. The highest BCUT2D eigenvalue weighted by Crippen LogP contribution is 2.43. The molecule has 4 rings (SSSR count). The van der Waals surface area contributed by atoms with Gasteiger partial charge in [0.15, 0.2) is 0 Å². The number of para-hydroxylation sites is 2. The minimum Gasteiger partial charge on any atom is -0.497 e. The van der Waals surface area contributed by atoms with Crippen molar-refractivity contribution in [3.8, 4) is 11.5 Å². The van der Waals surface area contributed by atoms with Crippen LogP contribution in [0.3, 0.4) is 0 Å². The third kappa shape index (κ3) is 4.44. The number of benzene rings is 3. The highest BCUT2D eigenvalue weighted by molar-refractivity contribution is 7.99. The molecule has 1 aliphatic heterocycles. The number of rotatable bonds is 7. The van der Waals surface area contributed by atoms with Crippen molar-refractivity contribution < 1.29 is 9.47 Å². The van der Waals surface area contributed by atoms with Crippen molar-refractivity contribution in [3.05, 3.63) is 84.4 Å². The molecule has 0 saturated carbocycles. The lowest BCUT2D eigenvalue weighted by molar-refractivity contribution is 0.360. The average Bonchev–Trinajstić information content (AvgIpc) is 2.84. The zero-order valence-corrected chi connectivity index (χ0v) is 18.5. The van der Waals surface area contributed by atoms with Crippen molar-refractivity contribution in [2.45, 2.75) is 23.2 Å². The Morgan fingerprint density at radius 2 is 1.57 bits per heavy atom. The lowest BCUT2D eigenvalue weighted by Crippen LogP contribution is -2.44. The van der Waals surface area contributed by atoms with Gasteiger partial charge < -0.3 is 14.4 Å². The lowest BCUT2D eigenvalue weighted by atomic mass is 9.74. The number of ether oxygens (including phenoxy) is 2. The second-order valence-corrected chi connectivity index (χ2v) is 8.82.